The van der Waals surface area contributed by atoms with Crippen LogP contribution in [-0.2, 0) is 11.2 Å². The van der Waals surface area contributed by atoms with Gasteiger partial charge in [0.15, 0.2) is 0 Å². The maximum atomic E-state index is 11.4. The summed E-state index contributed by atoms with van der Waals surface area (Å²) in [5.41, 5.74) is 2.01. The Bertz CT molecular complexity index is 531. The molecule has 2 rings (SSSR count). The van der Waals surface area contributed by atoms with Gasteiger partial charge in [0.1, 0.15) is 0 Å². The Kier molecular flexibility index (Phi) is 3.72. The fourth-order valence-corrected chi connectivity index (χ4v) is 1.50. The van der Waals surface area contributed by atoms with Gasteiger partial charge in [0.25, 0.3) is 0 Å². The molecule has 0 atom stereocenters. The molecule has 0 saturated carbocycles. The molecule has 94 valence electrons. The van der Waals surface area contributed by atoms with Crippen LogP contribution in [0.2, 0.25) is 0 Å². The number of rotatable bonds is 4. The van der Waals surface area contributed by atoms with E-state index >= 15 is 0 Å². The van der Waals surface area contributed by atoms with Crippen molar-refractivity contribution in [2.75, 3.05) is 6.61 Å². The van der Waals surface area contributed by atoms with Gasteiger partial charge in [-0.15, -0.1) is 10.2 Å². The number of hydrogen-bond donors (Lipinski definition) is 0. The van der Waals surface area contributed by atoms with Gasteiger partial charge < -0.3 is 9.15 Å². The molecule has 1 heterocycles. The van der Waals surface area contributed by atoms with Crippen LogP contribution in [-0.4, -0.2) is 22.8 Å². The van der Waals surface area contributed by atoms with Crippen LogP contribution >= 0.6 is 0 Å². The monoisotopic (exact) mass is 246 g/mol. The van der Waals surface area contributed by atoms with Crippen molar-refractivity contribution in [2.24, 2.45) is 0 Å². The standard InChI is InChI=1S/C13H14N2O3/c1-3-9-5-7-10(8-6-9)11-14-15-12(18-11)13(16)17-4-2/h5-8H,3-4H2,1-2H3. The second-order valence-corrected chi connectivity index (χ2v) is 3.68. The Labute approximate surface area is 105 Å². The number of benzene rings is 1. The fraction of sp³-hybridized carbons (Fsp3) is 0.308. The van der Waals surface area contributed by atoms with E-state index in [0.29, 0.717) is 5.89 Å². The second kappa shape index (κ2) is 5.44. The average molecular weight is 246 g/mol. The van der Waals surface area contributed by atoms with Gasteiger partial charge in [-0.3, -0.25) is 0 Å². The molecule has 0 aliphatic rings. The van der Waals surface area contributed by atoms with Crippen LogP contribution in [0.25, 0.3) is 11.5 Å². The van der Waals surface area contributed by atoms with E-state index in [1.54, 1.807) is 6.92 Å². The third-order valence-corrected chi connectivity index (χ3v) is 2.48. The van der Waals surface area contributed by atoms with Gasteiger partial charge in [0.05, 0.1) is 6.61 Å². The minimum atomic E-state index is -0.596. The number of aryl methyl sites for hydroxylation is 1. The largest absolute Gasteiger partial charge is 0.459 e. The normalized spacial score (nSPS) is 10.3. The summed E-state index contributed by atoms with van der Waals surface area (Å²) in [6.07, 6.45) is 0.970. The first kappa shape index (κ1) is 12.3. The quantitative estimate of drug-likeness (QED) is 0.775. The molecule has 0 radical (unpaired) electrons. The summed E-state index contributed by atoms with van der Waals surface area (Å²) in [4.78, 5) is 11.4. The molecule has 0 bridgehead atoms. The van der Waals surface area contributed by atoms with Crippen molar-refractivity contribution < 1.29 is 13.9 Å². The summed E-state index contributed by atoms with van der Waals surface area (Å²) in [6, 6.07) is 7.76. The molecular formula is C13H14N2O3. The zero-order valence-electron chi connectivity index (χ0n) is 10.3. The van der Waals surface area contributed by atoms with Crippen LogP contribution in [0.3, 0.4) is 0 Å². The second-order valence-electron chi connectivity index (χ2n) is 3.68. The summed E-state index contributed by atoms with van der Waals surface area (Å²) < 4.78 is 10.0. The Hall–Kier alpha value is -2.17. The van der Waals surface area contributed by atoms with Crippen LogP contribution in [0.4, 0.5) is 0 Å². The Morgan fingerprint density at radius 2 is 1.94 bits per heavy atom. The number of nitrogens with zero attached hydrogens (tertiary/aromatic N) is 2. The summed E-state index contributed by atoms with van der Waals surface area (Å²) >= 11 is 0. The molecular weight excluding hydrogens is 232 g/mol. The van der Waals surface area contributed by atoms with Gasteiger partial charge >= 0.3 is 11.9 Å². The lowest BCUT2D eigenvalue weighted by atomic mass is 10.1. The van der Waals surface area contributed by atoms with E-state index in [9.17, 15) is 4.79 Å². The molecule has 0 fully saturated rings. The molecule has 5 nitrogen and oxygen atoms in total. The molecule has 2 aromatic rings. The Balaban J connectivity index is 2.20. The van der Waals surface area contributed by atoms with E-state index in [4.69, 9.17) is 9.15 Å². The Morgan fingerprint density at radius 3 is 2.56 bits per heavy atom. The van der Waals surface area contributed by atoms with E-state index in [2.05, 4.69) is 17.1 Å². The number of hydrogen-bond acceptors (Lipinski definition) is 5. The van der Waals surface area contributed by atoms with Crippen molar-refractivity contribution in [1.29, 1.82) is 0 Å². The van der Waals surface area contributed by atoms with Crippen LogP contribution in [0.1, 0.15) is 30.1 Å². The van der Waals surface area contributed by atoms with Gasteiger partial charge in [-0.05, 0) is 31.0 Å². The molecule has 0 unspecified atom stereocenters. The molecule has 0 aliphatic heterocycles. The third-order valence-electron chi connectivity index (χ3n) is 2.48. The van der Waals surface area contributed by atoms with Crippen LogP contribution in [0, 0.1) is 0 Å². The Morgan fingerprint density at radius 1 is 1.22 bits per heavy atom. The fourth-order valence-electron chi connectivity index (χ4n) is 1.50. The van der Waals surface area contributed by atoms with Crippen LogP contribution in [0.15, 0.2) is 28.7 Å². The summed E-state index contributed by atoms with van der Waals surface area (Å²) in [5.74, 6) is -0.395. The highest BCUT2D eigenvalue weighted by atomic mass is 16.5. The predicted octanol–water partition coefficient (Wildman–Crippen LogP) is 2.48. The molecule has 1 aromatic heterocycles. The van der Waals surface area contributed by atoms with E-state index in [1.165, 1.54) is 5.56 Å². The topological polar surface area (TPSA) is 65.2 Å². The lowest BCUT2D eigenvalue weighted by Gasteiger charge is -1.97. The van der Waals surface area contributed by atoms with Crippen molar-refractivity contribution in [2.45, 2.75) is 20.3 Å². The maximum absolute atomic E-state index is 11.4. The van der Waals surface area contributed by atoms with Crippen molar-refractivity contribution in [3.05, 3.63) is 35.7 Å². The van der Waals surface area contributed by atoms with Crippen molar-refractivity contribution >= 4 is 5.97 Å². The highest BCUT2D eigenvalue weighted by Crippen LogP contribution is 2.18. The number of ether oxygens (including phenoxy) is 1. The van der Waals surface area contributed by atoms with E-state index in [-0.39, 0.29) is 12.5 Å². The van der Waals surface area contributed by atoms with E-state index < -0.39 is 5.97 Å². The first-order chi connectivity index (χ1) is 8.74. The zero-order chi connectivity index (χ0) is 13.0. The van der Waals surface area contributed by atoms with E-state index in [0.717, 1.165) is 12.0 Å². The number of carbonyl (C=O) groups excluding carboxylic acids is 1. The van der Waals surface area contributed by atoms with Crippen LogP contribution in [0.5, 0.6) is 0 Å². The molecule has 0 spiro atoms. The first-order valence-electron chi connectivity index (χ1n) is 5.84. The predicted molar refractivity (Wildman–Crippen MR) is 65.1 cm³/mol. The van der Waals surface area contributed by atoms with Gasteiger partial charge in [0, 0.05) is 5.56 Å². The molecule has 18 heavy (non-hydrogen) atoms. The smallest absolute Gasteiger partial charge is 0.396 e. The first-order valence-corrected chi connectivity index (χ1v) is 5.84. The highest BCUT2D eigenvalue weighted by Gasteiger charge is 2.16. The number of aromatic nitrogens is 2. The lowest BCUT2D eigenvalue weighted by Crippen LogP contribution is -2.04. The highest BCUT2D eigenvalue weighted by molar-refractivity contribution is 5.84. The summed E-state index contributed by atoms with van der Waals surface area (Å²) in [6.45, 7) is 4.08. The van der Waals surface area contributed by atoms with Gasteiger partial charge in [-0.25, -0.2) is 4.79 Å². The SMILES string of the molecule is CCOC(=O)c1nnc(-c2ccc(CC)cc2)o1. The van der Waals surface area contributed by atoms with Gasteiger partial charge in [-0.2, -0.15) is 0 Å². The average Bonchev–Trinajstić information content (AvgIpc) is 2.89. The summed E-state index contributed by atoms with van der Waals surface area (Å²) in [7, 11) is 0. The summed E-state index contributed by atoms with van der Waals surface area (Å²) in [5, 5.41) is 7.49. The van der Waals surface area contributed by atoms with Crippen molar-refractivity contribution in [3.63, 3.8) is 0 Å². The van der Waals surface area contributed by atoms with Gasteiger partial charge in [-0.1, -0.05) is 19.1 Å². The molecule has 0 amide bonds. The lowest BCUT2D eigenvalue weighted by molar-refractivity contribution is 0.0481. The minimum Gasteiger partial charge on any atom is -0.459 e. The molecule has 5 heteroatoms. The van der Waals surface area contributed by atoms with Gasteiger partial charge in [0.2, 0.25) is 5.89 Å². The van der Waals surface area contributed by atoms with Crippen molar-refractivity contribution in [1.82, 2.24) is 10.2 Å². The molecule has 0 N–H and O–H groups in total. The third kappa shape index (κ3) is 2.56. The molecule has 0 aliphatic carbocycles. The maximum Gasteiger partial charge on any atom is 0.396 e. The zero-order valence-corrected chi connectivity index (χ0v) is 10.3. The van der Waals surface area contributed by atoms with Crippen LogP contribution < -0.4 is 0 Å². The number of esters is 1. The van der Waals surface area contributed by atoms with E-state index in [1.807, 2.05) is 24.3 Å². The minimum absolute atomic E-state index is 0.119. The van der Waals surface area contributed by atoms with Crippen molar-refractivity contribution in [3.8, 4) is 11.5 Å². The molecule has 1 aromatic carbocycles. The molecule has 0 saturated heterocycles. The number of carbonyl (C=O) groups is 1.